The number of fused-ring (bicyclic) bond motifs is 2. The average molecular weight is 333 g/mol. The molecule has 1 aliphatic heterocycles. The third-order valence-corrected chi connectivity index (χ3v) is 4.40. The molecule has 4 heteroatoms. The summed E-state index contributed by atoms with van der Waals surface area (Å²) in [5.74, 6) is 1.46. The molecule has 4 rings (SSSR count). The Balaban J connectivity index is 1.91. The van der Waals surface area contributed by atoms with E-state index in [-0.39, 0.29) is 5.91 Å². The van der Waals surface area contributed by atoms with E-state index in [1.54, 1.807) is 6.92 Å². The van der Waals surface area contributed by atoms with Crippen LogP contribution in [0.2, 0.25) is 0 Å². The normalized spacial score (nSPS) is 16.2. The second-order valence-corrected chi connectivity index (χ2v) is 6.37. The largest absolute Gasteiger partial charge is 0.478 e. The summed E-state index contributed by atoms with van der Waals surface area (Å²) in [5.41, 5.74) is 4.63. The average Bonchev–Trinajstić information content (AvgIpc) is 2.95. The van der Waals surface area contributed by atoms with Crippen LogP contribution in [-0.4, -0.2) is 12.0 Å². The molecule has 0 saturated heterocycles. The van der Waals surface area contributed by atoms with Gasteiger partial charge in [-0.25, -0.2) is 0 Å². The van der Waals surface area contributed by atoms with E-state index in [4.69, 9.17) is 9.15 Å². The summed E-state index contributed by atoms with van der Waals surface area (Å²) in [7, 11) is 0. The maximum absolute atomic E-state index is 12.0. The fourth-order valence-corrected chi connectivity index (χ4v) is 3.22. The molecule has 1 atom stereocenters. The van der Waals surface area contributed by atoms with Crippen molar-refractivity contribution in [2.75, 3.05) is 5.32 Å². The lowest BCUT2D eigenvalue weighted by Crippen LogP contribution is -2.34. The number of ether oxygens (including phenoxy) is 1. The van der Waals surface area contributed by atoms with Crippen LogP contribution >= 0.6 is 0 Å². The van der Waals surface area contributed by atoms with Crippen molar-refractivity contribution in [2.45, 2.75) is 26.4 Å². The predicted octanol–water partition coefficient (Wildman–Crippen LogP) is 4.86. The van der Waals surface area contributed by atoms with Gasteiger partial charge in [0.1, 0.15) is 11.3 Å². The van der Waals surface area contributed by atoms with E-state index in [0.717, 1.165) is 39.8 Å². The minimum absolute atomic E-state index is 0.130. The van der Waals surface area contributed by atoms with E-state index >= 15 is 0 Å². The van der Waals surface area contributed by atoms with Crippen LogP contribution in [0.25, 0.3) is 22.1 Å². The number of amides is 1. The van der Waals surface area contributed by atoms with Gasteiger partial charge in [-0.1, -0.05) is 12.1 Å². The number of carbonyl (C=O) groups excluding carboxylic acids is 1. The molecule has 0 spiro atoms. The van der Waals surface area contributed by atoms with Crippen LogP contribution in [0, 0.1) is 6.92 Å². The van der Waals surface area contributed by atoms with E-state index in [1.165, 1.54) is 0 Å². The van der Waals surface area contributed by atoms with Crippen LogP contribution in [0.3, 0.4) is 0 Å². The molecule has 1 aliphatic rings. The Kier molecular flexibility index (Phi) is 3.61. The minimum atomic E-state index is -0.517. The van der Waals surface area contributed by atoms with Crippen molar-refractivity contribution in [1.29, 1.82) is 0 Å². The topological polar surface area (TPSA) is 51.5 Å². The number of carbonyl (C=O) groups is 1. The van der Waals surface area contributed by atoms with Crippen LogP contribution in [0.4, 0.5) is 5.69 Å². The lowest BCUT2D eigenvalue weighted by Gasteiger charge is -2.26. The number of hydrogen-bond donors (Lipinski definition) is 1. The summed E-state index contributed by atoms with van der Waals surface area (Å²) < 4.78 is 11.6. The molecule has 4 nitrogen and oxygen atoms in total. The van der Waals surface area contributed by atoms with Crippen molar-refractivity contribution >= 4 is 22.6 Å². The van der Waals surface area contributed by atoms with Gasteiger partial charge >= 0.3 is 0 Å². The number of nitrogens with one attached hydrogen (secondary N) is 1. The fraction of sp³-hybridized carbons (Fsp3) is 0.190. The van der Waals surface area contributed by atoms with E-state index in [9.17, 15) is 4.79 Å². The van der Waals surface area contributed by atoms with Gasteiger partial charge in [0.25, 0.3) is 5.91 Å². The van der Waals surface area contributed by atoms with Gasteiger partial charge in [0.2, 0.25) is 0 Å². The van der Waals surface area contributed by atoms with Gasteiger partial charge in [0.15, 0.2) is 11.9 Å². The maximum atomic E-state index is 12.0. The first-order valence-electron chi connectivity index (χ1n) is 8.31. The van der Waals surface area contributed by atoms with Crippen molar-refractivity contribution in [2.24, 2.45) is 0 Å². The Morgan fingerprint density at radius 1 is 1.24 bits per heavy atom. The molecule has 2 heterocycles. The van der Waals surface area contributed by atoms with Gasteiger partial charge < -0.3 is 14.5 Å². The Morgan fingerprint density at radius 3 is 2.88 bits per heavy atom. The van der Waals surface area contributed by atoms with Gasteiger partial charge in [0, 0.05) is 10.9 Å². The first kappa shape index (κ1) is 15.5. The summed E-state index contributed by atoms with van der Waals surface area (Å²) in [4.78, 5) is 12.0. The van der Waals surface area contributed by atoms with E-state index in [2.05, 4.69) is 24.0 Å². The molecule has 0 saturated carbocycles. The van der Waals surface area contributed by atoms with Gasteiger partial charge in [-0.15, -0.1) is 6.58 Å². The number of furan rings is 1. The lowest BCUT2D eigenvalue weighted by molar-refractivity contribution is -0.122. The lowest BCUT2D eigenvalue weighted by atomic mass is 9.97. The third-order valence-electron chi connectivity index (χ3n) is 4.40. The summed E-state index contributed by atoms with van der Waals surface area (Å²) in [5, 5.41) is 3.99. The van der Waals surface area contributed by atoms with Crippen LogP contribution in [0.5, 0.6) is 5.75 Å². The van der Waals surface area contributed by atoms with E-state index in [0.29, 0.717) is 11.4 Å². The molecule has 0 bridgehead atoms. The summed E-state index contributed by atoms with van der Waals surface area (Å²) in [6.45, 7) is 7.50. The van der Waals surface area contributed by atoms with Crippen molar-refractivity contribution in [3.8, 4) is 16.9 Å². The number of benzene rings is 2. The maximum Gasteiger partial charge on any atom is 0.265 e. The Hall–Kier alpha value is -3.01. The molecule has 1 amide bonds. The molecule has 126 valence electrons. The Labute approximate surface area is 146 Å². The highest BCUT2D eigenvalue weighted by Crippen LogP contribution is 2.41. The van der Waals surface area contributed by atoms with Crippen LogP contribution < -0.4 is 10.1 Å². The molecule has 0 radical (unpaired) electrons. The first-order chi connectivity index (χ1) is 12.0. The number of aryl methyl sites for hydroxylation is 1. The molecule has 2 aromatic carbocycles. The zero-order chi connectivity index (χ0) is 17.6. The predicted molar refractivity (Wildman–Crippen MR) is 99.0 cm³/mol. The van der Waals surface area contributed by atoms with E-state index in [1.807, 2.05) is 37.3 Å². The van der Waals surface area contributed by atoms with Crippen LogP contribution in [0.15, 0.2) is 53.5 Å². The Bertz CT molecular complexity index is 1000. The number of anilines is 1. The Morgan fingerprint density at radius 2 is 2.08 bits per heavy atom. The molecular weight excluding hydrogens is 314 g/mol. The molecular formula is C21H19NO3. The standard InChI is InChI=1S/C21H19NO3/c1-4-5-14-9-17(20-18(10-14)22-21(23)13(3)25-20)15-6-7-19-16(11-15)8-12(2)24-19/h4,6-11,13H,1,5H2,2-3H3,(H,22,23). The molecule has 3 aromatic rings. The van der Waals surface area contributed by atoms with Gasteiger partial charge in [0.05, 0.1) is 5.69 Å². The second kappa shape index (κ2) is 5.81. The monoisotopic (exact) mass is 333 g/mol. The van der Waals surface area contributed by atoms with Gasteiger partial charge in [-0.2, -0.15) is 0 Å². The van der Waals surface area contributed by atoms with Gasteiger partial charge in [-0.05, 0) is 61.7 Å². The quantitative estimate of drug-likeness (QED) is 0.697. The summed E-state index contributed by atoms with van der Waals surface area (Å²) in [6, 6.07) is 12.1. The summed E-state index contributed by atoms with van der Waals surface area (Å²) in [6.07, 6.45) is 2.05. The highest BCUT2D eigenvalue weighted by atomic mass is 16.5. The fourth-order valence-electron chi connectivity index (χ4n) is 3.22. The molecule has 1 N–H and O–H groups in total. The van der Waals surface area contributed by atoms with Crippen molar-refractivity contribution in [1.82, 2.24) is 0 Å². The summed E-state index contributed by atoms with van der Waals surface area (Å²) >= 11 is 0. The highest BCUT2D eigenvalue weighted by molar-refractivity contribution is 6.00. The first-order valence-corrected chi connectivity index (χ1v) is 8.31. The van der Waals surface area contributed by atoms with Crippen LogP contribution in [-0.2, 0) is 11.2 Å². The smallest absolute Gasteiger partial charge is 0.265 e. The molecule has 25 heavy (non-hydrogen) atoms. The van der Waals surface area contributed by atoms with Crippen LogP contribution in [0.1, 0.15) is 18.2 Å². The minimum Gasteiger partial charge on any atom is -0.478 e. The highest BCUT2D eigenvalue weighted by Gasteiger charge is 2.27. The molecule has 0 fully saturated rings. The zero-order valence-corrected chi connectivity index (χ0v) is 14.3. The number of rotatable bonds is 3. The third kappa shape index (κ3) is 2.70. The SMILES string of the molecule is C=CCc1cc2c(c(-c3ccc4oc(C)cc4c3)c1)OC(C)C(=O)N2. The number of allylic oxidation sites excluding steroid dienone is 1. The zero-order valence-electron chi connectivity index (χ0n) is 14.3. The van der Waals surface area contributed by atoms with Crippen molar-refractivity contribution in [3.63, 3.8) is 0 Å². The molecule has 1 aromatic heterocycles. The van der Waals surface area contributed by atoms with Crippen molar-refractivity contribution in [3.05, 3.63) is 60.4 Å². The van der Waals surface area contributed by atoms with E-state index < -0.39 is 6.10 Å². The molecule has 0 aliphatic carbocycles. The number of hydrogen-bond acceptors (Lipinski definition) is 3. The van der Waals surface area contributed by atoms with Gasteiger partial charge in [-0.3, -0.25) is 4.79 Å². The van der Waals surface area contributed by atoms with Crippen molar-refractivity contribution < 1.29 is 13.9 Å². The second-order valence-electron chi connectivity index (χ2n) is 6.37. The molecule has 1 unspecified atom stereocenters.